The fourth-order valence-electron chi connectivity index (χ4n) is 2.53. The van der Waals surface area contributed by atoms with E-state index in [1.54, 1.807) is 23.4 Å². The molecule has 0 radical (unpaired) electrons. The standard InChI is InChI=1S/C15H17FN4O3S/c16-13-3-2-12(18-15(21)11-20-5-1-4-17-20)10-14(13)19-6-8-24(22,23)9-7-19/h1-5,10H,6-9,11H2,(H,18,21). The Labute approximate surface area is 139 Å². The van der Waals surface area contributed by atoms with Crippen molar-refractivity contribution >= 4 is 27.1 Å². The summed E-state index contributed by atoms with van der Waals surface area (Å²) in [6.07, 6.45) is 3.25. The molecule has 2 aromatic rings. The second kappa shape index (κ2) is 6.60. The van der Waals surface area contributed by atoms with E-state index in [9.17, 15) is 17.6 Å². The number of hydrogen-bond donors (Lipinski definition) is 1. The Hall–Kier alpha value is -2.42. The van der Waals surface area contributed by atoms with Crippen LogP contribution < -0.4 is 10.2 Å². The zero-order valence-corrected chi connectivity index (χ0v) is 13.7. The number of benzene rings is 1. The highest BCUT2D eigenvalue weighted by Crippen LogP contribution is 2.25. The highest BCUT2D eigenvalue weighted by molar-refractivity contribution is 7.91. The molecule has 128 valence electrons. The third-order valence-electron chi connectivity index (χ3n) is 3.78. The molecule has 1 saturated heterocycles. The topological polar surface area (TPSA) is 84.3 Å². The van der Waals surface area contributed by atoms with Gasteiger partial charge >= 0.3 is 0 Å². The van der Waals surface area contributed by atoms with Crippen LogP contribution in [0.3, 0.4) is 0 Å². The van der Waals surface area contributed by atoms with E-state index in [1.165, 1.54) is 22.9 Å². The summed E-state index contributed by atoms with van der Waals surface area (Å²) in [5.41, 5.74) is 0.749. The van der Waals surface area contributed by atoms with Gasteiger partial charge in [0.05, 0.1) is 17.2 Å². The number of carbonyl (C=O) groups is 1. The third kappa shape index (κ3) is 3.91. The maximum atomic E-state index is 14.1. The quantitative estimate of drug-likeness (QED) is 0.884. The summed E-state index contributed by atoms with van der Waals surface area (Å²) < 4.78 is 38.5. The molecule has 1 fully saturated rings. The summed E-state index contributed by atoms with van der Waals surface area (Å²) in [7, 11) is -3.04. The molecule has 3 rings (SSSR count). The van der Waals surface area contributed by atoms with E-state index in [0.717, 1.165) is 0 Å². The first-order valence-electron chi connectivity index (χ1n) is 7.45. The van der Waals surface area contributed by atoms with Gasteiger partial charge in [-0.1, -0.05) is 0 Å². The number of amides is 1. The van der Waals surface area contributed by atoms with Crippen LogP contribution in [0.4, 0.5) is 15.8 Å². The van der Waals surface area contributed by atoms with E-state index in [4.69, 9.17) is 0 Å². The van der Waals surface area contributed by atoms with Crippen molar-refractivity contribution in [2.24, 2.45) is 0 Å². The summed E-state index contributed by atoms with van der Waals surface area (Å²) in [5, 5.41) is 6.64. The molecular formula is C15H17FN4O3S. The first-order valence-corrected chi connectivity index (χ1v) is 9.27. The van der Waals surface area contributed by atoms with Gasteiger partial charge in [-0.3, -0.25) is 9.48 Å². The molecular weight excluding hydrogens is 335 g/mol. The first kappa shape index (κ1) is 16.4. The minimum absolute atomic E-state index is 0.00231. The van der Waals surface area contributed by atoms with Gasteiger partial charge in [-0.15, -0.1) is 0 Å². The molecule has 2 heterocycles. The lowest BCUT2D eigenvalue weighted by Gasteiger charge is -2.29. The molecule has 1 aliphatic rings. The molecule has 24 heavy (non-hydrogen) atoms. The van der Waals surface area contributed by atoms with Crippen molar-refractivity contribution < 1.29 is 17.6 Å². The van der Waals surface area contributed by atoms with Crippen molar-refractivity contribution in [1.29, 1.82) is 0 Å². The predicted octanol–water partition coefficient (Wildman–Crippen LogP) is 0.896. The van der Waals surface area contributed by atoms with Gasteiger partial charge in [-0.05, 0) is 24.3 Å². The Morgan fingerprint density at radius 1 is 1.29 bits per heavy atom. The minimum atomic E-state index is -3.04. The average Bonchev–Trinajstić information content (AvgIpc) is 3.02. The number of carbonyl (C=O) groups excluding carboxylic acids is 1. The van der Waals surface area contributed by atoms with Crippen LogP contribution in [0.15, 0.2) is 36.7 Å². The molecule has 9 heteroatoms. The second-order valence-corrected chi connectivity index (χ2v) is 7.86. The zero-order chi connectivity index (χ0) is 17.2. The first-order chi connectivity index (χ1) is 11.4. The highest BCUT2D eigenvalue weighted by atomic mass is 32.2. The van der Waals surface area contributed by atoms with E-state index >= 15 is 0 Å². The molecule has 0 saturated carbocycles. The Morgan fingerprint density at radius 3 is 2.71 bits per heavy atom. The van der Waals surface area contributed by atoms with Crippen molar-refractivity contribution in [3.63, 3.8) is 0 Å². The highest BCUT2D eigenvalue weighted by Gasteiger charge is 2.23. The largest absolute Gasteiger partial charge is 0.367 e. The fraction of sp³-hybridized carbons (Fsp3) is 0.333. The normalized spacial score (nSPS) is 16.8. The maximum Gasteiger partial charge on any atom is 0.246 e. The number of anilines is 2. The molecule has 0 unspecified atom stereocenters. The maximum absolute atomic E-state index is 14.1. The SMILES string of the molecule is O=C(Cn1cccn1)Nc1ccc(F)c(N2CCS(=O)(=O)CC2)c1. The lowest BCUT2D eigenvalue weighted by Crippen LogP contribution is -2.40. The second-order valence-electron chi connectivity index (χ2n) is 5.56. The molecule has 1 aromatic carbocycles. The summed E-state index contributed by atoms with van der Waals surface area (Å²) in [6.45, 7) is 0.537. The fourth-order valence-corrected chi connectivity index (χ4v) is 3.73. The molecule has 1 aliphatic heterocycles. The number of rotatable bonds is 4. The van der Waals surface area contributed by atoms with Gasteiger partial charge in [0.2, 0.25) is 5.91 Å². The molecule has 0 spiro atoms. The van der Waals surface area contributed by atoms with Gasteiger partial charge in [0.1, 0.15) is 12.4 Å². The smallest absolute Gasteiger partial charge is 0.246 e. The third-order valence-corrected chi connectivity index (χ3v) is 5.39. The van der Waals surface area contributed by atoms with Crippen molar-refractivity contribution in [3.05, 3.63) is 42.5 Å². The Balaban J connectivity index is 1.70. The van der Waals surface area contributed by atoms with Crippen LogP contribution in [-0.2, 0) is 21.2 Å². The van der Waals surface area contributed by atoms with Gasteiger partial charge in [0, 0.05) is 31.2 Å². The minimum Gasteiger partial charge on any atom is -0.367 e. The number of nitrogens with zero attached hydrogens (tertiary/aromatic N) is 3. The Bertz CT molecular complexity index is 822. The van der Waals surface area contributed by atoms with Crippen LogP contribution in [0.2, 0.25) is 0 Å². The monoisotopic (exact) mass is 352 g/mol. The van der Waals surface area contributed by atoms with E-state index in [-0.39, 0.29) is 37.0 Å². The van der Waals surface area contributed by atoms with E-state index in [1.807, 2.05) is 0 Å². The van der Waals surface area contributed by atoms with Gasteiger partial charge in [0.25, 0.3) is 0 Å². The average molecular weight is 352 g/mol. The van der Waals surface area contributed by atoms with Gasteiger partial charge in [-0.25, -0.2) is 12.8 Å². The lowest BCUT2D eigenvalue weighted by atomic mass is 10.2. The van der Waals surface area contributed by atoms with E-state index < -0.39 is 15.7 Å². The van der Waals surface area contributed by atoms with Crippen LogP contribution in [0.1, 0.15) is 0 Å². The van der Waals surface area contributed by atoms with Crippen molar-refractivity contribution in [1.82, 2.24) is 9.78 Å². The van der Waals surface area contributed by atoms with Gasteiger partial charge < -0.3 is 10.2 Å². The van der Waals surface area contributed by atoms with Crippen LogP contribution in [0.25, 0.3) is 0 Å². The van der Waals surface area contributed by atoms with Crippen LogP contribution >= 0.6 is 0 Å². The number of sulfone groups is 1. The van der Waals surface area contributed by atoms with Crippen molar-refractivity contribution in [2.45, 2.75) is 6.54 Å². The number of hydrogen-bond acceptors (Lipinski definition) is 5. The molecule has 1 N–H and O–H groups in total. The summed E-state index contributed by atoms with van der Waals surface area (Å²) in [6, 6.07) is 5.98. The molecule has 0 atom stereocenters. The summed E-state index contributed by atoms with van der Waals surface area (Å²) >= 11 is 0. The van der Waals surface area contributed by atoms with E-state index in [2.05, 4.69) is 10.4 Å². The molecule has 7 nitrogen and oxygen atoms in total. The summed E-state index contributed by atoms with van der Waals surface area (Å²) in [4.78, 5) is 13.7. The molecule has 0 aliphatic carbocycles. The Morgan fingerprint density at radius 2 is 2.04 bits per heavy atom. The molecule has 0 bridgehead atoms. The van der Waals surface area contributed by atoms with Crippen molar-refractivity contribution in [3.8, 4) is 0 Å². The predicted molar refractivity (Wildman–Crippen MR) is 88.1 cm³/mol. The van der Waals surface area contributed by atoms with Gasteiger partial charge in [0.15, 0.2) is 9.84 Å². The Kier molecular flexibility index (Phi) is 4.52. The zero-order valence-electron chi connectivity index (χ0n) is 12.9. The van der Waals surface area contributed by atoms with Crippen molar-refractivity contribution in [2.75, 3.05) is 34.8 Å². The number of aromatic nitrogens is 2. The van der Waals surface area contributed by atoms with Crippen LogP contribution in [0, 0.1) is 5.82 Å². The number of nitrogens with one attached hydrogen (secondary N) is 1. The molecule has 1 aromatic heterocycles. The number of halogens is 1. The van der Waals surface area contributed by atoms with Crippen LogP contribution in [0.5, 0.6) is 0 Å². The van der Waals surface area contributed by atoms with Crippen LogP contribution in [-0.4, -0.2) is 48.7 Å². The van der Waals surface area contributed by atoms with E-state index in [0.29, 0.717) is 11.4 Å². The van der Waals surface area contributed by atoms with Gasteiger partial charge in [-0.2, -0.15) is 5.10 Å². The summed E-state index contributed by atoms with van der Waals surface area (Å²) in [5.74, 6) is -0.721. The molecule has 1 amide bonds. The lowest BCUT2D eigenvalue weighted by molar-refractivity contribution is -0.116.